The smallest absolute Gasteiger partial charge is 0.254 e. The van der Waals surface area contributed by atoms with Crippen LogP contribution in [-0.4, -0.2) is 77.9 Å². The standard InChI is InChI=1S/C35H41Cl2N3O6.ClH/c1-43-26-7-5-6-25(20-26)35(11-14-38-15-12-35)33(42)39-16-10-34(24-8-9-27(36)28(37)21-24)13-17-40(22-34)32(41)23-18-29(44-2)31(46-4)30(19-23)45-3;/h5-9,18-21,38H,10-17,22H2,1-4H3,(H,39,42);1H. The van der Waals surface area contributed by atoms with Crippen LogP contribution in [0.4, 0.5) is 0 Å². The maximum Gasteiger partial charge on any atom is 0.254 e. The first-order valence-electron chi connectivity index (χ1n) is 15.4. The van der Waals surface area contributed by atoms with Gasteiger partial charge in [0.25, 0.3) is 5.91 Å². The highest BCUT2D eigenvalue weighted by Crippen LogP contribution is 2.43. The van der Waals surface area contributed by atoms with Crippen LogP contribution in [0.5, 0.6) is 23.0 Å². The summed E-state index contributed by atoms with van der Waals surface area (Å²) in [7, 11) is 6.20. The lowest BCUT2D eigenvalue weighted by Crippen LogP contribution is -2.51. The Balaban J connectivity index is 0.00000500. The van der Waals surface area contributed by atoms with Gasteiger partial charge in [0.2, 0.25) is 11.7 Å². The van der Waals surface area contributed by atoms with Gasteiger partial charge in [-0.25, -0.2) is 0 Å². The third-order valence-corrected chi connectivity index (χ3v) is 10.2. The molecule has 2 fully saturated rings. The Kier molecular flexibility index (Phi) is 12.2. The number of hydrogen-bond donors (Lipinski definition) is 2. The van der Waals surface area contributed by atoms with E-state index < -0.39 is 10.8 Å². The number of benzene rings is 3. The van der Waals surface area contributed by atoms with E-state index in [-0.39, 0.29) is 24.2 Å². The molecule has 9 nitrogen and oxygen atoms in total. The van der Waals surface area contributed by atoms with Gasteiger partial charge < -0.3 is 34.5 Å². The highest BCUT2D eigenvalue weighted by atomic mass is 35.5. The molecule has 3 aromatic rings. The van der Waals surface area contributed by atoms with Gasteiger partial charge in [-0.2, -0.15) is 0 Å². The van der Waals surface area contributed by atoms with Crippen molar-refractivity contribution in [3.05, 3.63) is 81.3 Å². The average molecular weight is 707 g/mol. The average Bonchev–Trinajstić information content (AvgIpc) is 3.53. The van der Waals surface area contributed by atoms with Gasteiger partial charge in [0, 0.05) is 30.6 Å². The zero-order valence-corrected chi connectivity index (χ0v) is 29.4. The van der Waals surface area contributed by atoms with Crippen LogP contribution in [0.2, 0.25) is 10.0 Å². The third-order valence-electron chi connectivity index (χ3n) is 9.49. The molecule has 0 bridgehead atoms. The van der Waals surface area contributed by atoms with Crippen molar-refractivity contribution < 1.29 is 28.5 Å². The minimum atomic E-state index is -0.666. The van der Waals surface area contributed by atoms with Gasteiger partial charge in [-0.05, 0) is 86.3 Å². The molecule has 5 rings (SSSR count). The largest absolute Gasteiger partial charge is 0.497 e. The van der Waals surface area contributed by atoms with Crippen LogP contribution in [0.15, 0.2) is 54.6 Å². The summed E-state index contributed by atoms with van der Waals surface area (Å²) in [5.74, 6) is 1.80. The topological polar surface area (TPSA) is 98.4 Å². The van der Waals surface area contributed by atoms with Gasteiger partial charge in [-0.15, -0.1) is 12.4 Å². The number of ether oxygens (including phenoxy) is 4. The minimum absolute atomic E-state index is 0. The SMILES string of the molecule is COc1cccc(C2(C(=O)NCCC3(c4ccc(Cl)c(Cl)c4)CCN(C(=O)c4cc(OC)c(OC)c(OC)c4)C3)CCNCC2)c1.Cl. The van der Waals surface area contributed by atoms with E-state index in [1.165, 1.54) is 21.3 Å². The van der Waals surface area contributed by atoms with Crippen molar-refractivity contribution in [2.75, 3.05) is 61.2 Å². The summed E-state index contributed by atoms with van der Waals surface area (Å²) in [5.41, 5.74) is 1.23. The number of likely N-dealkylation sites (tertiary alicyclic amines) is 1. The van der Waals surface area contributed by atoms with E-state index in [9.17, 15) is 9.59 Å². The molecule has 0 aliphatic carbocycles. The lowest BCUT2D eigenvalue weighted by Gasteiger charge is -2.37. The van der Waals surface area contributed by atoms with Crippen molar-refractivity contribution in [3.8, 4) is 23.0 Å². The van der Waals surface area contributed by atoms with Gasteiger partial charge >= 0.3 is 0 Å². The Labute approximate surface area is 292 Å². The summed E-state index contributed by atoms with van der Waals surface area (Å²) in [6.45, 7) is 2.86. The number of nitrogens with zero attached hydrogens (tertiary/aromatic N) is 1. The summed E-state index contributed by atoms with van der Waals surface area (Å²) in [5, 5.41) is 7.57. The Morgan fingerprint density at radius 1 is 0.851 bits per heavy atom. The Morgan fingerprint density at radius 2 is 1.55 bits per heavy atom. The molecule has 0 spiro atoms. The van der Waals surface area contributed by atoms with Crippen LogP contribution in [0.1, 0.15) is 47.2 Å². The molecule has 1 unspecified atom stereocenters. The number of piperidine rings is 1. The zero-order valence-electron chi connectivity index (χ0n) is 27.1. The molecule has 2 N–H and O–H groups in total. The number of carbonyl (C=O) groups excluding carboxylic acids is 2. The molecule has 2 aliphatic rings. The Morgan fingerprint density at radius 3 is 2.17 bits per heavy atom. The summed E-state index contributed by atoms with van der Waals surface area (Å²) in [6.07, 6.45) is 2.64. The van der Waals surface area contributed by atoms with Crippen molar-refractivity contribution in [3.63, 3.8) is 0 Å². The fraction of sp³-hybridized carbons (Fsp3) is 0.429. The minimum Gasteiger partial charge on any atom is -0.497 e. The van der Waals surface area contributed by atoms with E-state index in [4.69, 9.17) is 42.1 Å². The molecule has 2 heterocycles. The molecule has 1 atom stereocenters. The molecular weight excluding hydrogens is 665 g/mol. The van der Waals surface area contributed by atoms with E-state index in [1.807, 2.05) is 41.3 Å². The second-order valence-corrected chi connectivity index (χ2v) is 12.7. The van der Waals surface area contributed by atoms with E-state index in [1.54, 1.807) is 25.3 Å². The normalized spacial score (nSPS) is 18.6. The van der Waals surface area contributed by atoms with Gasteiger partial charge in [0.05, 0.1) is 43.9 Å². The van der Waals surface area contributed by atoms with Crippen LogP contribution in [0, 0.1) is 0 Å². The van der Waals surface area contributed by atoms with E-state index in [0.29, 0.717) is 78.2 Å². The molecule has 2 amide bonds. The van der Waals surface area contributed by atoms with Crippen LogP contribution >= 0.6 is 35.6 Å². The molecule has 0 radical (unpaired) electrons. The first kappa shape index (κ1) is 36.5. The maximum atomic E-state index is 14.0. The van der Waals surface area contributed by atoms with Crippen LogP contribution in [-0.2, 0) is 15.6 Å². The molecule has 2 aliphatic heterocycles. The van der Waals surface area contributed by atoms with E-state index in [2.05, 4.69) is 10.6 Å². The Hall–Kier alpha value is -3.37. The van der Waals surface area contributed by atoms with Gasteiger partial charge in [0.15, 0.2) is 11.5 Å². The van der Waals surface area contributed by atoms with Gasteiger partial charge in [-0.3, -0.25) is 9.59 Å². The van der Waals surface area contributed by atoms with Gasteiger partial charge in [0.1, 0.15) is 5.75 Å². The first-order chi connectivity index (χ1) is 22.2. The van der Waals surface area contributed by atoms with Gasteiger partial charge in [-0.1, -0.05) is 41.4 Å². The van der Waals surface area contributed by atoms with Crippen molar-refractivity contribution in [2.24, 2.45) is 0 Å². The van der Waals surface area contributed by atoms with Crippen molar-refractivity contribution in [2.45, 2.75) is 36.5 Å². The predicted octanol–water partition coefficient (Wildman–Crippen LogP) is 6.06. The molecule has 0 aromatic heterocycles. The number of carbonyl (C=O) groups is 2. The maximum absolute atomic E-state index is 14.0. The van der Waals surface area contributed by atoms with Crippen molar-refractivity contribution >= 4 is 47.4 Å². The zero-order chi connectivity index (χ0) is 32.9. The quantitative estimate of drug-likeness (QED) is 0.250. The monoisotopic (exact) mass is 705 g/mol. The van der Waals surface area contributed by atoms with Crippen LogP contribution in [0.3, 0.4) is 0 Å². The molecule has 3 aromatic carbocycles. The first-order valence-corrected chi connectivity index (χ1v) is 16.1. The molecular formula is C35H42Cl3N3O6. The van der Waals surface area contributed by atoms with Crippen LogP contribution in [0.25, 0.3) is 0 Å². The van der Waals surface area contributed by atoms with Crippen molar-refractivity contribution in [1.82, 2.24) is 15.5 Å². The summed E-state index contributed by atoms with van der Waals surface area (Å²) in [6, 6.07) is 16.8. The fourth-order valence-corrected chi connectivity index (χ4v) is 7.15. The van der Waals surface area contributed by atoms with Crippen molar-refractivity contribution in [1.29, 1.82) is 0 Å². The van der Waals surface area contributed by atoms with E-state index in [0.717, 1.165) is 30.0 Å². The molecule has 12 heteroatoms. The highest BCUT2D eigenvalue weighted by molar-refractivity contribution is 6.42. The third kappa shape index (κ3) is 7.38. The molecule has 254 valence electrons. The van der Waals surface area contributed by atoms with E-state index >= 15 is 0 Å². The number of halogens is 3. The second-order valence-electron chi connectivity index (χ2n) is 11.9. The number of nitrogens with one attached hydrogen (secondary N) is 2. The summed E-state index contributed by atoms with van der Waals surface area (Å²) in [4.78, 5) is 29.8. The molecule has 0 saturated carbocycles. The number of methoxy groups -OCH3 is 4. The predicted molar refractivity (Wildman–Crippen MR) is 186 cm³/mol. The number of hydrogen-bond acceptors (Lipinski definition) is 7. The number of rotatable bonds is 11. The summed E-state index contributed by atoms with van der Waals surface area (Å²) < 4.78 is 21.9. The number of amides is 2. The van der Waals surface area contributed by atoms with Crippen LogP contribution < -0.4 is 29.6 Å². The molecule has 47 heavy (non-hydrogen) atoms. The lowest BCUT2D eigenvalue weighted by atomic mass is 9.72. The molecule has 2 saturated heterocycles. The lowest BCUT2D eigenvalue weighted by molar-refractivity contribution is -0.127. The fourth-order valence-electron chi connectivity index (χ4n) is 6.85. The second kappa shape index (κ2) is 15.7. The highest BCUT2D eigenvalue weighted by Gasteiger charge is 2.44. The Bertz CT molecular complexity index is 1560. The summed E-state index contributed by atoms with van der Waals surface area (Å²) >= 11 is 12.8.